The average Bonchev–Trinajstić information content (AvgIpc) is 2.86. The lowest BCUT2D eigenvalue weighted by Crippen LogP contribution is -2.61. The first-order chi connectivity index (χ1) is 19.3. The monoisotopic (exact) mass is 614 g/mol. The summed E-state index contributed by atoms with van der Waals surface area (Å²) >= 11 is 0. The van der Waals surface area contributed by atoms with Crippen molar-refractivity contribution in [1.29, 1.82) is 0 Å². The van der Waals surface area contributed by atoms with Crippen LogP contribution in [-0.4, -0.2) is 89.1 Å². The van der Waals surface area contributed by atoms with Gasteiger partial charge in [0, 0.05) is 54.7 Å². The van der Waals surface area contributed by atoms with Gasteiger partial charge < -0.3 is 15.5 Å². The Morgan fingerprint density at radius 2 is 1.67 bits per heavy atom. The zero-order valence-corrected chi connectivity index (χ0v) is 25.3. The number of sulfonamides is 1. The van der Waals surface area contributed by atoms with E-state index in [0.717, 1.165) is 18.5 Å². The van der Waals surface area contributed by atoms with Crippen molar-refractivity contribution in [2.75, 3.05) is 55.0 Å². The Morgan fingerprint density at radius 3 is 2.19 bits per heavy atom. The highest BCUT2D eigenvalue weighted by Gasteiger charge is 2.43. The van der Waals surface area contributed by atoms with Gasteiger partial charge in [-0.15, -0.1) is 0 Å². The van der Waals surface area contributed by atoms with Crippen LogP contribution < -0.4 is 15.5 Å². The molecule has 2 aliphatic rings. The maximum atomic E-state index is 14.1. The van der Waals surface area contributed by atoms with Crippen LogP contribution >= 0.6 is 0 Å². The molecule has 2 fully saturated rings. The number of halogens is 3. The number of piperidine rings is 1. The molecular weight excluding hydrogens is 577 g/mol. The van der Waals surface area contributed by atoms with Crippen molar-refractivity contribution in [2.24, 2.45) is 0 Å². The molecule has 0 spiro atoms. The van der Waals surface area contributed by atoms with Crippen LogP contribution in [0.5, 0.6) is 0 Å². The highest BCUT2D eigenvalue weighted by atomic mass is 32.2. The van der Waals surface area contributed by atoms with Gasteiger partial charge in [0.1, 0.15) is 6.20 Å². The van der Waals surface area contributed by atoms with E-state index in [2.05, 4.69) is 53.2 Å². The van der Waals surface area contributed by atoms with Crippen molar-refractivity contribution < 1.29 is 26.5 Å². The number of anilines is 4. The molecule has 4 rings (SSSR count). The SMILES string of the molecule is CN1C(C)(C)CC(Nc2nc(Nc3ccc(N4CCN(S(C)(=O)=O)CC4)c(C(F)(F)F)c3)ncc2[N+](=O)[O-])CC1(C)C. The number of nitro groups is 1. The molecule has 0 bridgehead atoms. The van der Waals surface area contributed by atoms with Crippen LogP contribution in [0.2, 0.25) is 0 Å². The minimum atomic E-state index is -4.70. The first-order valence-corrected chi connectivity index (χ1v) is 15.3. The minimum Gasteiger partial charge on any atom is -0.368 e. The van der Waals surface area contributed by atoms with Crippen LogP contribution in [0.4, 0.5) is 42.0 Å². The van der Waals surface area contributed by atoms with Crippen molar-refractivity contribution in [3.8, 4) is 0 Å². The van der Waals surface area contributed by atoms with Gasteiger partial charge in [-0.2, -0.15) is 22.5 Å². The molecule has 1 aromatic heterocycles. The summed E-state index contributed by atoms with van der Waals surface area (Å²) in [6, 6.07) is 3.53. The standard InChI is InChI=1S/C26H37F3N8O4S/c1-24(2)14-18(15-25(3,4)34(24)5)31-22-21(37(38)39)16-30-23(33-22)32-17-7-8-20(19(13-17)26(27,28)29)35-9-11-36(12-10-35)42(6,40)41/h7-8,13,16,18H,9-12,14-15H2,1-6H3,(H2,30,31,32,33). The molecule has 12 nitrogen and oxygen atoms in total. The Kier molecular flexibility index (Phi) is 8.39. The van der Waals surface area contributed by atoms with E-state index < -0.39 is 26.7 Å². The zero-order valence-electron chi connectivity index (χ0n) is 24.5. The van der Waals surface area contributed by atoms with E-state index in [0.29, 0.717) is 12.8 Å². The van der Waals surface area contributed by atoms with E-state index in [-0.39, 0.29) is 72.1 Å². The molecule has 2 N–H and O–H groups in total. The highest BCUT2D eigenvalue weighted by Crippen LogP contribution is 2.40. The number of likely N-dealkylation sites (tertiary alicyclic amines) is 1. The van der Waals surface area contributed by atoms with E-state index in [1.165, 1.54) is 21.3 Å². The van der Waals surface area contributed by atoms with Gasteiger partial charge >= 0.3 is 11.9 Å². The molecule has 0 radical (unpaired) electrons. The summed E-state index contributed by atoms with van der Waals surface area (Å²) < 4.78 is 67.2. The minimum absolute atomic E-state index is 0.0185. The molecule has 2 saturated heterocycles. The maximum absolute atomic E-state index is 14.1. The number of nitrogens with zero attached hydrogens (tertiary/aromatic N) is 6. The maximum Gasteiger partial charge on any atom is 0.418 e. The molecular formula is C26H37F3N8O4S. The number of hydrogen-bond acceptors (Lipinski definition) is 10. The van der Waals surface area contributed by atoms with E-state index in [1.54, 1.807) is 0 Å². The Labute approximate surface area is 243 Å². The van der Waals surface area contributed by atoms with Gasteiger partial charge in [0.2, 0.25) is 21.8 Å². The molecule has 16 heteroatoms. The third kappa shape index (κ3) is 6.86. The normalized spacial score (nSPS) is 20.4. The van der Waals surface area contributed by atoms with Crippen LogP contribution in [0.15, 0.2) is 24.4 Å². The molecule has 0 atom stereocenters. The predicted molar refractivity (Wildman–Crippen MR) is 155 cm³/mol. The van der Waals surface area contributed by atoms with Crippen molar-refractivity contribution in [3.05, 3.63) is 40.1 Å². The van der Waals surface area contributed by atoms with Crippen LogP contribution in [0.3, 0.4) is 0 Å². The predicted octanol–water partition coefficient (Wildman–Crippen LogP) is 4.29. The van der Waals surface area contributed by atoms with E-state index in [9.17, 15) is 31.7 Å². The van der Waals surface area contributed by atoms with E-state index in [4.69, 9.17) is 0 Å². The Morgan fingerprint density at radius 1 is 1.07 bits per heavy atom. The molecule has 0 amide bonds. The third-order valence-corrected chi connectivity index (χ3v) is 9.52. The smallest absolute Gasteiger partial charge is 0.368 e. The number of rotatable bonds is 7. The summed E-state index contributed by atoms with van der Waals surface area (Å²) in [6.07, 6.45) is -1.22. The summed E-state index contributed by atoms with van der Waals surface area (Å²) in [4.78, 5) is 23.2. The molecule has 42 heavy (non-hydrogen) atoms. The summed E-state index contributed by atoms with van der Waals surface area (Å²) in [5, 5.41) is 17.7. The first-order valence-electron chi connectivity index (χ1n) is 13.5. The topological polar surface area (TPSA) is 137 Å². The lowest BCUT2D eigenvalue weighted by atomic mass is 9.77. The van der Waals surface area contributed by atoms with Gasteiger partial charge in [0.05, 0.1) is 16.7 Å². The zero-order chi connectivity index (χ0) is 31.3. The number of piperazine rings is 1. The highest BCUT2D eigenvalue weighted by molar-refractivity contribution is 7.88. The van der Waals surface area contributed by atoms with Crippen LogP contribution in [-0.2, 0) is 16.2 Å². The molecule has 2 aliphatic heterocycles. The quantitative estimate of drug-likeness (QED) is 0.343. The fraction of sp³-hybridized carbons (Fsp3) is 0.615. The second kappa shape index (κ2) is 11.1. The Hall–Kier alpha value is -3.24. The molecule has 3 heterocycles. The molecule has 2 aromatic rings. The third-order valence-electron chi connectivity index (χ3n) is 8.22. The van der Waals surface area contributed by atoms with E-state index in [1.807, 2.05) is 7.05 Å². The summed E-state index contributed by atoms with van der Waals surface area (Å²) in [5.74, 6) is -0.118. The molecule has 1 aromatic carbocycles. The Bertz CT molecular complexity index is 1430. The number of nitrogens with one attached hydrogen (secondary N) is 2. The lowest BCUT2D eigenvalue weighted by molar-refractivity contribution is -0.384. The van der Waals surface area contributed by atoms with Crippen LogP contribution in [0.25, 0.3) is 0 Å². The molecule has 0 aliphatic carbocycles. The van der Waals surface area contributed by atoms with Crippen LogP contribution in [0.1, 0.15) is 46.1 Å². The second-order valence-corrected chi connectivity index (χ2v) is 14.1. The van der Waals surface area contributed by atoms with E-state index >= 15 is 0 Å². The van der Waals surface area contributed by atoms with Crippen molar-refractivity contribution in [1.82, 2.24) is 19.2 Å². The van der Waals surface area contributed by atoms with Crippen LogP contribution in [0, 0.1) is 10.1 Å². The lowest BCUT2D eigenvalue weighted by Gasteiger charge is -2.53. The van der Waals surface area contributed by atoms with Crippen molar-refractivity contribution >= 4 is 38.9 Å². The fourth-order valence-corrected chi connectivity index (χ4v) is 6.68. The number of alkyl halides is 3. The molecule has 0 unspecified atom stereocenters. The van der Waals surface area contributed by atoms with Gasteiger partial charge in [0.25, 0.3) is 0 Å². The van der Waals surface area contributed by atoms with Gasteiger partial charge in [-0.05, 0) is 65.8 Å². The van der Waals surface area contributed by atoms with Gasteiger partial charge in [-0.1, -0.05) is 0 Å². The molecule has 232 valence electrons. The van der Waals surface area contributed by atoms with Gasteiger partial charge in [-0.3, -0.25) is 15.0 Å². The van der Waals surface area contributed by atoms with Gasteiger partial charge in [0.15, 0.2) is 0 Å². The number of aromatic nitrogens is 2. The summed E-state index contributed by atoms with van der Waals surface area (Å²) in [5.41, 5.74) is -1.67. The number of hydrogen-bond donors (Lipinski definition) is 2. The largest absolute Gasteiger partial charge is 0.418 e. The average molecular weight is 615 g/mol. The van der Waals surface area contributed by atoms with Gasteiger partial charge in [-0.25, -0.2) is 13.4 Å². The number of benzene rings is 1. The van der Waals surface area contributed by atoms with Crippen molar-refractivity contribution in [3.63, 3.8) is 0 Å². The summed E-state index contributed by atoms with van der Waals surface area (Å²) in [6.45, 7) is 8.74. The van der Waals surface area contributed by atoms with Crippen molar-refractivity contribution in [2.45, 2.75) is 63.8 Å². The Balaban J connectivity index is 1.59. The molecule has 0 saturated carbocycles. The fourth-order valence-electron chi connectivity index (χ4n) is 5.85. The summed E-state index contributed by atoms with van der Waals surface area (Å²) in [7, 11) is -1.39. The second-order valence-electron chi connectivity index (χ2n) is 12.1. The first kappa shape index (κ1) is 31.7.